The molecule has 0 saturated heterocycles. The summed E-state index contributed by atoms with van der Waals surface area (Å²) in [5.41, 5.74) is 3.17. The average molecular weight is 327 g/mol. The van der Waals surface area contributed by atoms with E-state index in [1.165, 1.54) is 5.57 Å². The lowest BCUT2D eigenvalue weighted by Crippen LogP contribution is -2.23. The van der Waals surface area contributed by atoms with Crippen LogP contribution in [-0.4, -0.2) is 32.4 Å². The summed E-state index contributed by atoms with van der Waals surface area (Å²) >= 11 is 0. The second kappa shape index (κ2) is 9.11. The van der Waals surface area contributed by atoms with Gasteiger partial charge in [-0.15, -0.1) is 0 Å². The lowest BCUT2D eigenvalue weighted by Gasteiger charge is -2.13. The number of benzene rings is 2. The second-order valence-electron chi connectivity index (χ2n) is 5.69. The van der Waals surface area contributed by atoms with E-state index in [9.17, 15) is 5.11 Å². The molecule has 0 radical (unpaired) electrons. The molecule has 0 spiro atoms. The predicted octanol–water partition coefficient (Wildman–Crippen LogP) is 3.43. The normalized spacial score (nSPS) is 12.8. The molecule has 1 unspecified atom stereocenters. The van der Waals surface area contributed by atoms with Crippen LogP contribution in [0.2, 0.25) is 0 Å². The summed E-state index contributed by atoms with van der Waals surface area (Å²) in [5.74, 6) is 1.60. The van der Waals surface area contributed by atoms with Gasteiger partial charge in [0.25, 0.3) is 0 Å². The molecule has 1 atom stereocenters. The van der Waals surface area contributed by atoms with Crippen molar-refractivity contribution in [3.63, 3.8) is 0 Å². The molecular formula is C20H25NO3. The zero-order valence-electron chi connectivity index (χ0n) is 14.5. The Balaban J connectivity index is 1.84. The van der Waals surface area contributed by atoms with Gasteiger partial charge in [0.05, 0.1) is 20.3 Å². The molecule has 0 aromatic heterocycles. The van der Waals surface area contributed by atoms with Crippen molar-refractivity contribution in [1.29, 1.82) is 0 Å². The third-order valence-corrected chi connectivity index (χ3v) is 3.75. The van der Waals surface area contributed by atoms with Crippen molar-refractivity contribution in [2.24, 2.45) is 0 Å². The minimum Gasteiger partial charge on any atom is -0.497 e. The maximum absolute atomic E-state index is 10.2. The number of aliphatic hydroxyl groups is 1. The third-order valence-electron chi connectivity index (χ3n) is 3.75. The largest absolute Gasteiger partial charge is 0.497 e. The Kier molecular flexibility index (Phi) is 6.85. The fourth-order valence-electron chi connectivity index (χ4n) is 2.41. The van der Waals surface area contributed by atoms with Crippen LogP contribution in [0.5, 0.6) is 11.5 Å². The van der Waals surface area contributed by atoms with Crippen molar-refractivity contribution in [3.05, 3.63) is 65.2 Å². The van der Waals surface area contributed by atoms with Gasteiger partial charge in [0, 0.05) is 13.1 Å². The molecule has 128 valence electrons. The highest BCUT2D eigenvalue weighted by atomic mass is 16.5. The molecule has 0 amide bonds. The molecule has 24 heavy (non-hydrogen) atoms. The maximum atomic E-state index is 10.2. The van der Waals surface area contributed by atoms with Gasteiger partial charge in [0.1, 0.15) is 11.5 Å². The number of hydrogen-bond acceptors (Lipinski definition) is 4. The molecular weight excluding hydrogens is 302 g/mol. The second-order valence-corrected chi connectivity index (χ2v) is 5.69. The van der Waals surface area contributed by atoms with Crippen LogP contribution in [0, 0.1) is 0 Å². The first kappa shape index (κ1) is 18.0. The summed E-state index contributed by atoms with van der Waals surface area (Å²) in [5, 5.41) is 13.5. The molecule has 0 bridgehead atoms. The third kappa shape index (κ3) is 5.41. The van der Waals surface area contributed by atoms with E-state index in [1.54, 1.807) is 14.2 Å². The Labute approximate surface area is 143 Å². The Morgan fingerprint density at radius 2 is 1.79 bits per heavy atom. The lowest BCUT2D eigenvalue weighted by atomic mass is 10.1. The highest BCUT2D eigenvalue weighted by Gasteiger charge is 2.07. The summed E-state index contributed by atoms with van der Waals surface area (Å²) in [7, 11) is 3.28. The number of ether oxygens (including phenoxy) is 2. The number of methoxy groups -OCH3 is 2. The first-order valence-electron chi connectivity index (χ1n) is 7.96. The van der Waals surface area contributed by atoms with E-state index in [0.717, 1.165) is 22.6 Å². The molecule has 0 aliphatic heterocycles. The topological polar surface area (TPSA) is 50.7 Å². The Morgan fingerprint density at radius 3 is 2.46 bits per heavy atom. The highest BCUT2D eigenvalue weighted by molar-refractivity contribution is 5.53. The van der Waals surface area contributed by atoms with E-state index in [2.05, 4.69) is 18.3 Å². The van der Waals surface area contributed by atoms with Crippen LogP contribution in [0.1, 0.15) is 24.2 Å². The monoisotopic (exact) mass is 327 g/mol. The first-order chi connectivity index (χ1) is 11.6. The van der Waals surface area contributed by atoms with Crippen LogP contribution in [0.3, 0.4) is 0 Å². The van der Waals surface area contributed by atoms with Gasteiger partial charge in [0.15, 0.2) is 0 Å². The van der Waals surface area contributed by atoms with Crippen molar-refractivity contribution in [3.8, 4) is 11.5 Å². The highest BCUT2D eigenvalue weighted by Crippen LogP contribution is 2.18. The molecule has 0 heterocycles. The van der Waals surface area contributed by atoms with Crippen LogP contribution in [-0.2, 0) is 0 Å². The SMILES string of the molecule is COc1ccc(/C=C(/C)CNCC(O)c2cccc(OC)c2)cc1. The summed E-state index contributed by atoms with van der Waals surface area (Å²) in [6.45, 7) is 3.27. The summed E-state index contributed by atoms with van der Waals surface area (Å²) < 4.78 is 10.3. The zero-order valence-corrected chi connectivity index (χ0v) is 14.5. The summed E-state index contributed by atoms with van der Waals surface area (Å²) in [6.07, 6.45) is 1.55. The van der Waals surface area contributed by atoms with Crippen molar-refractivity contribution in [1.82, 2.24) is 5.32 Å². The quantitative estimate of drug-likeness (QED) is 0.780. The number of aliphatic hydroxyl groups excluding tert-OH is 1. The van der Waals surface area contributed by atoms with E-state index in [1.807, 2.05) is 48.5 Å². The van der Waals surface area contributed by atoms with Crippen LogP contribution < -0.4 is 14.8 Å². The van der Waals surface area contributed by atoms with Gasteiger partial charge in [-0.05, 0) is 42.3 Å². The van der Waals surface area contributed by atoms with E-state index in [4.69, 9.17) is 9.47 Å². The molecule has 4 heteroatoms. The Bertz CT molecular complexity index is 665. The van der Waals surface area contributed by atoms with Gasteiger partial charge in [-0.1, -0.05) is 35.9 Å². The van der Waals surface area contributed by atoms with Gasteiger partial charge in [-0.25, -0.2) is 0 Å². The minimum absolute atomic E-state index is 0.487. The zero-order chi connectivity index (χ0) is 17.4. The van der Waals surface area contributed by atoms with Gasteiger partial charge >= 0.3 is 0 Å². The number of rotatable bonds is 8. The molecule has 0 aliphatic rings. The maximum Gasteiger partial charge on any atom is 0.119 e. The van der Waals surface area contributed by atoms with Gasteiger partial charge in [-0.2, -0.15) is 0 Å². The standard InChI is InChI=1S/C20H25NO3/c1-15(11-16-7-9-18(23-2)10-8-16)13-21-14-20(22)17-5-4-6-19(12-17)24-3/h4-12,20-22H,13-14H2,1-3H3/b15-11-. The smallest absolute Gasteiger partial charge is 0.119 e. The summed E-state index contributed by atoms with van der Waals surface area (Å²) in [6, 6.07) is 15.4. The fourth-order valence-corrected chi connectivity index (χ4v) is 2.41. The Hall–Kier alpha value is -2.30. The fraction of sp³-hybridized carbons (Fsp3) is 0.300. The Morgan fingerprint density at radius 1 is 1.08 bits per heavy atom. The van der Waals surface area contributed by atoms with E-state index in [-0.39, 0.29) is 0 Å². The van der Waals surface area contributed by atoms with Crippen molar-refractivity contribution < 1.29 is 14.6 Å². The predicted molar refractivity (Wildman–Crippen MR) is 97.5 cm³/mol. The minimum atomic E-state index is -0.561. The number of hydrogen-bond donors (Lipinski definition) is 2. The molecule has 0 aliphatic carbocycles. The molecule has 0 fully saturated rings. The molecule has 2 aromatic rings. The first-order valence-corrected chi connectivity index (χ1v) is 7.96. The van der Waals surface area contributed by atoms with Crippen molar-refractivity contribution in [2.45, 2.75) is 13.0 Å². The molecule has 0 saturated carbocycles. The van der Waals surface area contributed by atoms with E-state index < -0.39 is 6.10 Å². The molecule has 2 rings (SSSR count). The van der Waals surface area contributed by atoms with Crippen molar-refractivity contribution in [2.75, 3.05) is 27.3 Å². The number of nitrogens with one attached hydrogen (secondary N) is 1. The van der Waals surface area contributed by atoms with Gasteiger partial charge in [-0.3, -0.25) is 0 Å². The molecule has 2 N–H and O–H groups in total. The molecule has 2 aromatic carbocycles. The molecule has 4 nitrogen and oxygen atoms in total. The van der Waals surface area contributed by atoms with Crippen LogP contribution in [0.25, 0.3) is 6.08 Å². The van der Waals surface area contributed by atoms with Gasteiger partial charge in [0.2, 0.25) is 0 Å². The summed E-state index contributed by atoms with van der Waals surface area (Å²) in [4.78, 5) is 0. The van der Waals surface area contributed by atoms with Gasteiger partial charge < -0.3 is 19.9 Å². The van der Waals surface area contributed by atoms with Crippen LogP contribution in [0.15, 0.2) is 54.1 Å². The average Bonchev–Trinajstić information content (AvgIpc) is 2.62. The lowest BCUT2D eigenvalue weighted by molar-refractivity contribution is 0.175. The van der Waals surface area contributed by atoms with Crippen LogP contribution in [0.4, 0.5) is 0 Å². The van der Waals surface area contributed by atoms with Crippen molar-refractivity contribution >= 4 is 6.08 Å². The van der Waals surface area contributed by atoms with E-state index >= 15 is 0 Å². The van der Waals surface area contributed by atoms with Crippen LogP contribution >= 0.6 is 0 Å². The van der Waals surface area contributed by atoms with E-state index in [0.29, 0.717) is 13.1 Å².